The van der Waals surface area contributed by atoms with Crippen molar-refractivity contribution in [3.8, 4) is 0 Å². The maximum absolute atomic E-state index is 13.3. The van der Waals surface area contributed by atoms with Crippen molar-refractivity contribution in [1.82, 2.24) is 39.1 Å². The Kier molecular flexibility index (Phi) is 4.37. The number of nitrogens with zero attached hydrogens (tertiary/aromatic N) is 8. The van der Waals surface area contributed by atoms with E-state index in [0.29, 0.717) is 24.6 Å². The number of fused-ring (bicyclic) bond motifs is 2. The summed E-state index contributed by atoms with van der Waals surface area (Å²) in [5.74, 6) is 0.520. The van der Waals surface area contributed by atoms with Crippen LogP contribution < -0.4 is 0 Å². The van der Waals surface area contributed by atoms with Crippen LogP contribution in [0, 0.1) is 6.92 Å². The summed E-state index contributed by atoms with van der Waals surface area (Å²) in [4.78, 5) is 27.4. The van der Waals surface area contributed by atoms with Crippen LogP contribution in [-0.2, 0) is 0 Å². The Morgan fingerprint density at radius 3 is 2.73 bits per heavy atom. The molecule has 4 aromatic rings. The van der Waals surface area contributed by atoms with Crippen molar-refractivity contribution in [3.05, 3.63) is 53.5 Å². The second-order valence-electron chi connectivity index (χ2n) is 7.32. The standard InChI is InChI=1S/C19H18F2N8O/c1-11-8-15(16(20)21)28-17(26-11)13(9-24-28)18(30)27-6-3-12(4-7-27)14-2-5-22-19-23-10-25-29(14)19/h2,5,8-10,12,16H,3-4,6-7H2,1H3. The van der Waals surface area contributed by atoms with Crippen molar-refractivity contribution >= 4 is 17.3 Å². The Labute approximate surface area is 169 Å². The second kappa shape index (κ2) is 7.08. The molecule has 5 heterocycles. The number of alkyl halides is 2. The Bertz CT molecular complexity index is 1240. The van der Waals surface area contributed by atoms with Gasteiger partial charge in [-0.2, -0.15) is 15.2 Å². The van der Waals surface area contributed by atoms with Crippen molar-refractivity contribution in [2.75, 3.05) is 13.1 Å². The van der Waals surface area contributed by atoms with Gasteiger partial charge in [0.2, 0.25) is 0 Å². The highest BCUT2D eigenvalue weighted by molar-refractivity contribution is 5.99. The summed E-state index contributed by atoms with van der Waals surface area (Å²) in [5.41, 5.74) is 1.56. The third-order valence-electron chi connectivity index (χ3n) is 5.49. The molecule has 30 heavy (non-hydrogen) atoms. The topological polar surface area (TPSA) is 93.6 Å². The van der Waals surface area contributed by atoms with Crippen LogP contribution in [-0.4, -0.2) is 58.1 Å². The molecular weight excluding hydrogens is 394 g/mol. The van der Waals surface area contributed by atoms with E-state index in [2.05, 4.69) is 25.1 Å². The van der Waals surface area contributed by atoms with Gasteiger partial charge in [-0.05, 0) is 31.9 Å². The van der Waals surface area contributed by atoms with Crippen LogP contribution in [0.3, 0.4) is 0 Å². The number of carbonyl (C=O) groups excluding carboxylic acids is 1. The summed E-state index contributed by atoms with van der Waals surface area (Å²) in [6.45, 7) is 2.69. The van der Waals surface area contributed by atoms with E-state index in [1.165, 1.54) is 18.6 Å². The summed E-state index contributed by atoms with van der Waals surface area (Å²) in [6, 6.07) is 3.21. The van der Waals surface area contributed by atoms with E-state index in [4.69, 9.17) is 0 Å². The lowest BCUT2D eigenvalue weighted by Crippen LogP contribution is -2.38. The molecule has 0 spiro atoms. The van der Waals surface area contributed by atoms with E-state index in [9.17, 15) is 13.6 Å². The van der Waals surface area contributed by atoms with Crippen molar-refractivity contribution in [1.29, 1.82) is 0 Å². The van der Waals surface area contributed by atoms with Crippen LogP contribution in [0.2, 0.25) is 0 Å². The van der Waals surface area contributed by atoms with Crippen molar-refractivity contribution in [2.24, 2.45) is 0 Å². The number of carbonyl (C=O) groups is 1. The molecule has 0 aliphatic carbocycles. The highest BCUT2D eigenvalue weighted by Crippen LogP contribution is 2.29. The SMILES string of the molecule is Cc1cc(C(F)F)n2ncc(C(=O)N3CCC(c4ccnc5ncnn45)CC3)c2n1. The second-order valence-corrected chi connectivity index (χ2v) is 7.32. The average Bonchev–Trinajstić information content (AvgIpc) is 3.39. The Hall–Kier alpha value is -3.50. The zero-order valence-corrected chi connectivity index (χ0v) is 16.1. The molecule has 5 rings (SSSR count). The number of piperidine rings is 1. The van der Waals surface area contributed by atoms with Crippen molar-refractivity contribution < 1.29 is 13.6 Å². The Balaban J connectivity index is 1.38. The fraction of sp³-hybridized carbons (Fsp3) is 0.368. The number of halogens is 2. The van der Waals surface area contributed by atoms with E-state index in [0.717, 1.165) is 23.1 Å². The van der Waals surface area contributed by atoms with E-state index in [1.807, 2.05) is 6.07 Å². The molecule has 1 amide bonds. The molecule has 1 saturated heterocycles. The summed E-state index contributed by atoms with van der Waals surface area (Å²) in [6.07, 6.45) is 3.30. The number of amides is 1. The number of aryl methyl sites for hydroxylation is 1. The predicted molar refractivity (Wildman–Crippen MR) is 101 cm³/mol. The fourth-order valence-corrected chi connectivity index (χ4v) is 4.03. The van der Waals surface area contributed by atoms with E-state index >= 15 is 0 Å². The van der Waals surface area contributed by atoms with Crippen LogP contribution in [0.4, 0.5) is 8.78 Å². The van der Waals surface area contributed by atoms with Gasteiger partial charge in [0.05, 0.1) is 11.9 Å². The first-order valence-electron chi connectivity index (χ1n) is 9.60. The molecule has 1 fully saturated rings. The Morgan fingerprint density at radius 2 is 1.97 bits per heavy atom. The summed E-state index contributed by atoms with van der Waals surface area (Å²) < 4.78 is 29.4. The predicted octanol–water partition coefficient (Wildman–Crippen LogP) is 2.43. The van der Waals surface area contributed by atoms with E-state index in [-0.39, 0.29) is 28.7 Å². The molecule has 0 radical (unpaired) electrons. The van der Waals surface area contributed by atoms with Gasteiger partial charge >= 0.3 is 0 Å². The number of likely N-dealkylation sites (tertiary alicyclic amines) is 1. The zero-order valence-electron chi connectivity index (χ0n) is 16.1. The molecule has 0 atom stereocenters. The number of rotatable bonds is 3. The quantitative estimate of drug-likeness (QED) is 0.513. The average molecular weight is 412 g/mol. The van der Waals surface area contributed by atoms with Gasteiger partial charge < -0.3 is 4.90 Å². The molecule has 0 saturated carbocycles. The first kappa shape index (κ1) is 18.5. The van der Waals surface area contributed by atoms with Crippen molar-refractivity contribution in [3.63, 3.8) is 0 Å². The molecule has 0 bridgehead atoms. The largest absolute Gasteiger partial charge is 0.338 e. The van der Waals surface area contributed by atoms with Gasteiger partial charge in [-0.1, -0.05) is 0 Å². The molecule has 11 heteroatoms. The van der Waals surface area contributed by atoms with Crippen LogP contribution in [0.5, 0.6) is 0 Å². The van der Waals surface area contributed by atoms with Gasteiger partial charge in [-0.15, -0.1) is 0 Å². The van der Waals surface area contributed by atoms with Gasteiger partial charge in [0.1, 0.15) is 17.6 Å². The molecular formula is C19H18F2N8O. The van der Waals surface area contributed by atoms with Crippen LogP contribution in [0.25, 0.3) is 11.4 Å². The van der Waals surface area contributed by atoms with Gasteiger partial charge in [0, 0.05) is 30.9 Å². The lowest BCUT2D eigenvalue weighted by molar-refractivity contribution is 0.0713. The van der Waals surface area contributed by atoms with E-state index < -0.39 is 6.43 Å². The molecule has 4 aromatic heterocycles. The fourth-order valence-electron chi connectivity index (χ4n) is 4.03. The molecule has 9 nitrogen and oxygen atoms in total. The molecule has 154 valence electrons. The minimum Gasteiger partial charge on any atom is -0.338 e. The normalized spacial score (nSPS) is 15.5. The first-order valence-corrected chi connectivity index (χ1v) is 9.60. The van der Waals surface area contributed by atoms with Gasteiger partial charge in [0.15, 0.2) is 5.65 Å². The third kappa shape index (κ3) is 2.97. The van der Waals surface area contributed by atoms with Crippen LogP contribution in [0.15, 0.2) is 30.9 Å². The van der Waals surface area contributed by atoms with Crippen molar-refractivity contribution in [2.45, 2.75) is 32.1 Å². The molecule has 0 unspecified atom stereocenters. The lowest BCUT2D eigenvalue weighted by Gasteiger charge is -2.31. The zero-order chi connectivity index (χ0) is 20.8. The maximum Gasteiger partial charge on any atom is 0.280 e. The number of aromatic nitrogens is 7. The molecule has 1 aliphatic rings. The van der Waals surface area contributed by atoms with Gasteiger partial charge in [0.25, 0.3) is 18.1 Å². The number of hydrogen-bond donors (Lipinski definition) is 0. The third-order valence-corrected chi connectivity index (χ3v) is 5.49. The highest BCUT2D eigenvalue weighted by Gasteiger charge is 2.29. The molecule has 0 aromatic carbocycles. The maximum atomic E-state index is 13.3. The van der Waals surface area contributed by atoms with E-state index in [1.54, 1.807) is 22.5 Å². The Morgan fingerprint density at radius 1 is 1.17 bits per heavy atom. The molecule has 0 N–H and O–H groups in total. The first-order chi connectivity index (χ1) is 14.5. The minimum atomic E-state index is -2.71. The van der Waals surface area contributed by atoms with Gasteiger partial charge in [-0.25, -0.2) is 27.8 Å². The van der Waals surface area contributed by atoms with Crippen LogP contribution in [0.1, 0.15) is 52.6 Å². The highest BCUT2D eigenvalue weighted by atomic mass is 19.3. The molecule has 1 aliphatic heterocycles. The van der Waals surface area contributed by atoms with Crippen LogP contribution >= 0.6 is 0 Å². The summed E-state index contributed by atoms with van der Waals surface area (Å²) in [5, 5.41) is 8.22. The lowest BCUT2D eigenvalue weighted by atomic mass is 9.93. The minimum absolute atomic E-state index is 0.163. The smallest absolute Gasteiger partial charge is 0.280 e. The monoisotopic (exact) mass is 412 g/mol. The number of hydrogen-bond acceptors (Lipinski definition) is 6. The summed E-state index contributed by atoms with van der Waals surface area (Å²) in [7, 11) is 0. The summed E-state index contributed by atoms with van der Waals surface area (Å²) >= 11 is 0. The van der Waals surface area contributed by atoms with Gasteiger partial charge in [-0.3, -0.25) is 4.79 Å².